The highest BCUT2D eigenvalue weighted by molar-refractivity contribution is 7.89. The lowest BCUT2D eigenvalue weighted by Crippen LogP contribution is -2.24. The SMILES string of the molecule is CCc1ccc(S(=O)(=O)NCCCCC(=O)OC)cc1. The molecule has 0 saturated carbocycles. The van der Waals surface area contributed by atoms with E-state index in [0.717, 1.165) is 12.0 Å². The summed E-state index contributed by atoms with van der Waals surface area (Å²) in [7, 11) is -2.12. The lowest BCUT2D eigenvalue weighted by Gasteiger charge is -2.07. The minimum atomic E-state index is -3.46. The average molecular weight is 299 g/mol. The van der Waals surface area contributed by atoms with Gasteiger partial charge in [0.1, 0.15) is 0 Å². The molecule has 0 heterocycles. The third kappa shape index (κ3) is 5.30. The minimum Gasteiger partial charge on any atom is -0.469 e. The van der Waals surface area contributed by atoms with E-state index in [1.54, 1.807) is 12.1 Å². The van der Waals surface area contributed by atoms with Crippen LogP contribution in [0, 0.1) is 0 Å². The fourth-order valence-corrected chi connectivity index (χ4v) is 2.76. The van der Waals surface area contributed by atoms with Crippen LogP contribution in [0.5, 0.6) is 0 Å². The Morgan fingerprint density at radius 2 is 1.85 bits per heavy atom. The molecule has 6 heteroatoms. The van der Waals surface area contributed by atoms with Gasteiger partial charge in [0.05, 0.1) is 12.0 Å². The van der Waals surface area contributed by atoms with E-state index >= 15 is 0 Å². The van der Waals surface area contributed by atoms with E-state index in [0.29, 0.717) is 25.8 Å². The van der Waals surface area contributed by atoms with Gasteiger partial charge >= 0.3 is 5.97 Å². The van der Waals surface area contributed by atoms with Crippen LogP contribution in [0.3, 0.4) is 0 Å². The number of hydrogen-bond acceptors (Lipinski definition) is 4. The molecule has 0 aliphatic carbocycles. The van der Waals surface area contributed by atoms with Gasteiger partial charge in [0.15, 0.2) is 0 Å². The monoisotopic (exact) mass is 299 g/mol. The van der Waals surface area contributed by atoms with E-state index in [1.165, 1.54) is 7.11 Å². The van der Waals surface area contributed by atoms with Crippen molar-refractivity contribution in [2.24, 2.45) is 0 Å². The fourth-order valence-electron chi connectivity index (χ4n) is 1.69. The number of hydrogen-bond donors (Lipinski definition) is 1. The van der Waals surface area contributed by atoms with Crippen molar-refractivity contribution in [1.82, 2.24) is 4.72 Å². The predicted molar refractivity (Wildman–Crippen MR) is 76.9 cm³/mol. The second-order valence-corrected chi connectivity index (χ2v) is 6.20. The summed E-state index contributed by atoms with van der Waals surface area (Å²) in [4.78, 5) is 11.2. The van der Waals surface area contributed by atoms with Crippen LogP contribution in [0.1, 0.15) is 31.7 Å². The Bertz CT molecular complexity index is 523. The summed E-state index contributed by atoms with van der Waals surface area (Å²) < 4.78 is 31.0. The van der Waals surface area contributed by atoms with Gasteiger partial charge in [-0.05, 0) is 37.0 Å². The molecule has 0 amide bonds. The average Bonchev–Trinajstić information content (AvgIpc) is 2.46. The Kier molecular flexibility index (Phi) is 6.67. The van der Waals surface area contributed by atoms with E-state index < -0.39 is 10.0 Å². The van der Waals surface area contributed by atoms with Crippen molar-refractivity contribution in [2.45, 2.75) is 37.5 Å². The zero-order valence-corrected chi connectivity index (χ0v) is 12.7. The molecule has 0 fully saturated rings. The number of unbranched alkanes of at least 4 members (excludes halogenated alkanes) is 1. The summed E-state index contributed by atoms with van der Waals surface area (Å²) in [6.07, 6.45) is 2.38. The normalized spacial score (nSPS) is 11.3. The number of carbonyl (C=O) groups is 1. The van der Waals surface area contributed by atoms with Crippen molar-refractivity contribution in [2.75, 3.05) is 13.7 Å². The standard InChI is InChI=1S/C14H21NO4S/c1-3-12-7-9-13(10-8-12)20(17,18)15-11-5-4-6-14(16)19-2/h7-10,15H,3-6,11H2,1-2H3. The van der Waals surface area contributed by atoms with Gasteiger partial charge in [-0.15, -0.1) is 0 Å². The molecule has 0 unspecified atom stereocenters. The smallest absolute Gasteiger partial charge is 0.305 e. The van der Waals surface area contributed by atoms with Gasteiger partial charge < -0.3 is 4.74 Å². The second kappa shape index (κ2) is 8.01. The molecule has 0 spiro atoms. The van der Waals surface area contributed by atoms with Crippen LogP contribution in [-0.2, 0) is 26.0 Å². The molecule has 0 bridgehead atoms. The van der Waals surface area contributed by atoms with Crippen molar-refractivity contribution >= 4 is 16.0 Å². The van der Waals surface area contributed by atoms with Crippen LogP contribution < -0.4 is 4.72 Å². The van der Waals surface area contributed by atoms with Gasteiger partial charge in [0, 0.05) is 13.0 Å². The van der Waals surface area contributed by atoms with Crippen LogP contribution >= 0.6 is 0 Å². The molecule has 5 nitrogen and oxygen atoms in total. The summed E-state index contributed by atoms with van der Waals surface area (Å²) >= 11 is 0. The van der Waals surface area contributed by atoms with Crippen molar-refractivity contribution in [1.29, 1.82) is 0 Å². The first-order chi connectivity index (χ1) is 9.49. The van der Waals surface area contributed by atoms with Gasteiger partial charge in [0.25, 0.3) is 0 Å². The number of carbonyl (C=O) groups excluding carboxylic acids is 1. The maximum absolute atomic E-state index is 12.0. The highest BCUT2D eigenvalue weighted by Gasteiger charge is 2.12. The first-order valence-electron chi connectivity index (χ1n) is 6.65. The molecule has 0 aliphatic heterocycles. The summed E-state index contributed by atoms with van der Waals surface area (Å²) in [5.41, 5.74) is 1.10. The topological polar surface area (TPSA) is 72.5 Å². The number of sulfonamides is 1. The summed E-state index contributed by atoms with van der Waals surface area (Å²) in [5, 5.41) is 0. The fraction of sp³-hybridized carbons (Fsp3) is 0.500. The summed E-state index contributed by atoms with van der Waals surface area (Å²) in [5.74, 6) is -0.275. The lowest BCUT2D eigenvalue weighted by molar-refractivity contribution is -0.140. The molecular formula is C14H21NO4S. The molecule has 20 heavy (non-hydrogen) atoms. The number of rotatable bonds is 8. The van der Waals surface area contributed by atoms with Gasteiger partial charge in [-0.25, -0.2) is 13.1 Å². The molecule has 0 radical (unpaired) electrons. The third-order valence-electron chi connectivity index (χ3n) is 2.97. The first kappa shape index (κ1) is 16.7. The van der Waals surface area contributed by atoms with E-state index in [9.17, 15) is 13.2 Å². The van der Waals surface area contributed by atoms with Crippen LogP contribution in [0.4, 0.5) is 0 Å². The number of aryl methyl sites for hydroxylation is 1. The number of methoxy groups -OCH3 is 1. The van der Waals surface area contributed by atoms with E-state index in [4.69, 9.17) is 0 Å². The number of ether oxygens (including phenoxy) is 1. The lowest BCUT2D eigenvalue weighted by atomic mass is 10.2. The van der Waals surface area contributed by atoms with Crippen molar-refractivity contribution in [3.05, 3.63) is 29.8 Å². The van der Waals surface area contributed by atoms with Gasteiger partial charge in [-0.1, -0.05) is 19.1 Å². The van der Waals surface area contributed by atoms with Gasteiger partial charge in [-0.3, -0.25) is 4.79 Å². The van der Waals surface area contributed by atoms with E-state index in [-0.39, 0.29) is 10.9 Å². The molecule has 0 atom stereocenters. The number of benzene rings is 1. The molecule has 112 valence electrons. The highest BCUT2D eigenvalue weighted by atomic mass is 32.2. The molecular weight excluding hydrogens is 278 g/mol. The van der Waals surface area contributed by atoms with Gasteiger partial charge in [0.2, 0.25) is 10.0 Å². The van der Waals surface area contributed by atoms with E-state index in [2.05, 4.69) is 9.46 Å². The van der Waals surface area contributed by atoms with Crippen LogP contribution in [0.2, 0.25) is 0 Å². The number of nitrogens with one attached hydrogen (secondary N) is 1. The zero-order chi connectivity index (χ0) is 15.0. The zero-order valence-electron chi connectivity index (χ0n) is 11.9. The van der Waals surface area contributed by atoms with Crippen LogP contribution in [-0.4, -0.2) is 28.0 Å². The maximum atomic E-state index is 12.0. The molecule has 0 saturated heterocycles. The molecule has 1 N–H and O–H groups in total. The Labute approximate surface area is 120 Å². The number of esters is 1. The molecule has 1 aromatic carbocycles. The molecule has 1 aromatic rings. The summed E-state index contributed by atoms with van der Waals surface area (Å²) in [6, 6.07) is 6.84. The largest absolute Gasteiger partial charge is 0.469 e. The predicted octanol–water partition coefficient (Wildman–Crippen LogP) is 1.87. The Hall–Kier alpha value is -1.40. The van der Waals surface area contributed by atoms with Crippen LogP contribution in [0.15, 0.2) is 29.2 Å². The van der Waals surface area contributed by atoms with Crippen LogP contribution in [0.25, 0.3) is 0 Å². The van der Waals surface area contributed by atoms with Gasteiger partial charge in [-0.2, -0.15) is 0 Å². The molecule has 0 aliphatic rings. The summed E-state index contributed by atoms with van der Waals surface area (Å²) in [6.45, 7) is 2.33. The third-order valence-corrected chi connectivity index (χ3v) is 4.45. The van der Waals surface area contributed by atoms with Crippen molar-refractivity contribution in [3.63, 3.8) is 0 Å². The maximum Gasteiger partial charge on any atom is 0.305 e. The Morgan fingerprint density at radius 1 is 1.20 bits per heavy atom. The van der Waals surface area contributed by atoms with E-state index in [1.807, 2.05) is 19.1 Å². The molecule has 0 aromatic heterocycles. The highest BCUT2D eigenvalue weighted by Crippen LogP contribution is 2.11. The van der Waals surface area contributed by atoms with Crippen molar-refractivity contribution in [3.8, 4) is 0 Å². The van der Waals surface area contributed by atoms with Crippen molar-refractivity contribution < 1.29 is 17.9 Å². The first-order valence-corrected chi connectivity index (χ1v) is 8.13. The second-order valence-electron chi connectivity index (χ2n) is 4.43. The Balaban J connectivity index is 2.43. The Morgan fingerprint density at radius 3 is 2.40 bits per heavy atom. The quantitative estimate of drug-likeness (QED) is 0.587. The minimum absolute atomic E-state index is 0.266. The molecule has 1 rings (SSSR count).